The Hall–Kier alpha value is -1.06. The van der Waals surface area contributed by atoms with Gasteiger partial charge >= 0.3 is 5.97 Å². The van der Waals surface area contributed by atoms with Crippen LogP contribution in [0.3, 0.4) is 0 Å². The predicted molar refractivity (Wildman–Crippen MR) is 67.9 cm³/mol. The first-order valence-electron chi connectivity index (χ1n) is 5.87. The summed E-state index contributed by atoms with van der Waals surface area (Å²) in [5, 5.41) is 3.37. The second kappa shape index (κ2) is 5.07. The molecule has 0 unspecified atom stereocenters. The summed E-state index contributed by atoms with van der Waals surface area (Å²) in [6.45, 7) is 2.19. The summed E-state index contributed by atoms with van der Waals surface area (Å²) in [5.74, 6) is 1.27. The highest BCUT2D eigenvalue weighted by molar-refractivity contribution is 5.85. The molecule has 0 amide bonds. The molecule has 0 bridgehead atoms. The SMILES string of the molecule is Cl.O=C1Cc2cc(C3CCNCC3)ccc2O1. The normalized spacial score (nSPS) is 19.4. The number of hydrogen-bond acceptors (Lipinski definition) is 3. The standard InChI is InChI=1S/C13H15NO2.ClH/c15-13-8-11-7-10(1-2-12(11)16-13)9-3-5-14-6-4-9;/h1-2,7,9,14H,3-6,8H2;1H. The number of hydrogen-bond donors (Lipinski definition) is 1. The van der Waals surface area contributed by atoms with E-state index in [1.54, 1.807) is 0 Å². The lowest BCUT2D eigenvalue weighted by atomic mass is 9.89. The van der Waals surface area contributed by atoms with Crippen LogP contribution in [0, 0.1) is 0 Å². The topological polar surface area (TPSA) is 38.3 Å². The molecule has 2 aliphatic rings. The van der Waals surface area contributed by atoms with Crippen LogP contribution in [0.4, 0.5) is 0 Å². The zero-order valence-electron chi connectivity index (χ0n) is 9.57. The number of esters is 1. The van der Waals surface area contributed by atoms with Crippen LogP contribution in [0.15, 0.2) is 18.2 Å². The summed E-state index contributed by atoms with van der Waals surface area (Å²) < 4.78 is 5.10. The molecular weight excluding hydrogens is 238 g/mol. The van der Waals surface area contributed by atoms with Crippen LogP contribution in [-0.2, 0) is 11.2 Å². The molecule has 0 atom stereocenters. The summed E-state index contributed by atoms with van der Waals surface area (Å²) in [7, 11) is 0. The van der Waals surface area contributed by atoms with Gasteiger partial charge in [-0.3, -0.25) is 4.79 Å². The molecule has 2 aliphatic heterocycles. The largest absolute Gasteiger partial charge is 0.426 e. The highest BCUT2D eigenvalue weighted by Gasteiger charge is 2.22. The fraction of sp³-hybridized carbons (Fsp3) is 0.462. The van der Waals surface area contributed by atoms with Gasteiger partial charge in [-0.05, 0) is 43.5 Å². The molecule has 1 fully saturated rings. The molecule has 1 aromatic carbocycles. The third-order valence-corrected chi connectivity index (χ3v) is 3.45. The zero-order valence-corrected chi connectivity index (χ0v) is 10.4. The molecule has 0 saturated carbocycles. The number of fused-ring (bicyclic) bond motifs is 1. The summed E-state index contributed by atoms with van der Waals surface area (Å²) in [6.07, 6.45) is 2.81. The van der Waals surface area contributed by atoms with Gasteiger partial charge in [0.2, 0.25) is 0 Å². The molecule has 0 spiro atoms. The summed E-state index contributed by atoms with van der Waals surface area (Å²) in [4.78, 5) is 11.2. The molecule has 2 heterocycles. The number of benzene rings is 1. The van der Waals surface area contributed by atoms with E-state index in [1.807, 2.05) is 6.07 Å². The summed E-state index contributed by atoms with van der Waals surface area (Å²) in [6, 6.07) is 6.20. The third-order valence-electron chi connectivity index (χ3n) is 3.45. The zero-order chi connectivity index (χ0) is 11.0. The minimum atomic E-state index is -0.127. The van der Waals surface area contributed by atoms with Crippen LogP contribution in [0.2, 0.25) is 0 Å². The van der Waals surface area contributed by atoms with Crippen LogP contribution in [-0.4, -0.2) is 19.1 Å². The Bertz CT molecular complexity index is 427. The van der Waals surface area contributed by atoms with E-state index in [-0.39, 0.29) is 18.4 Å². The van der Waals surface area contributed by atoms with Gasteiger partial charge in [0.1, 0.15) is 5.75 Å². The lowest BCUT2D eigenvalue weighted by molar-refractivity contribution is -0.131. The van der Waals surface area contributed by atoms with Crippen molar-refractivity contribution in [2.75, 3.05) is 13.1 Å². The first-order chi connectivity index (χ1) is 7.83. The highest BCUT2D eigenvalue weighted by Crippen LogP contribution is 2.32. The van der Waals surface area contributed by atoms with E-state index in [2.05, 4.69) is 17.4 Å². The van der Waals surface area contributed by atoms with Gasteiger partial charge in [-0.15, -0.1) is 12.4 Å². The molecule has 4 heteroatoms. The molecule has 1 N–H and O–H groups in total. The van der Waals surface area contributed by atoms with Crippen molar-refractivity contribution in [3.05, 3.63) is 29.3 Å². The van der Waals surface area contributed by atoms with Crippen molar-refractivity contribution in [1.82, 2.24) is 5.32 Å². The predicted octanol–water partition coefficient (Wildman–Crippen LogP) is 2.04. The maximum Gasteiger partial charge on any atom is 0.315 e. The smallest absolute Gasteiger partial charge is 0.315 e. The molecule has 3 rings (SSSR count). The highest BCUT2D eigenvalue weighted by atomic mass is 35.5. The van der Waals surface area contributed by atoms with Crippen molar-refractivity contribution in [2.24, 2.45) is 0 Å². The Balaban J connectivity index is 0.00000108. The average molecular weight is 254 g/mol. The lowest BCUT2D eigenvalue weighted by Crippen LogP contribution is -2.26. The average Bonchev–Trinajstić information content (AvgIpc) is 2.69. The van der Waals surface area contributed by atoms with Crippen molar-refractivity contribution < 1.29 is 9.53 Å². The Morgan fingerprint density at radius 2 is 2.00 bits per heavy atom. The molecule has 0 aromatic heterocycles. The maximum absolute atomic E-state index is 11.2. The van der Waals surface area contributed by atoms with E-state index in [1.165, 1.54) is 18.4 Å². The van der Waals surface area contributed by atoms with Crippen molar-refractivity contribution in [2.45, 2.75) is 25.2 Å². The Morgan fingerprint density at radius 1 is 1.24 bits per heavy atom. The van der Waals surface area contributed by atoms with Gasteiger partial charge in [-0.2, -0.15) is 0 Å². The molecule has 0 radical (unpaired) electrons. The Labute approximate surface area is 107 Å². The first-order valence-corrected chi connectivity index (χ1v) is 5.87. The van der Waals surface area contributed by atoms with Gasteiger partial charge in [0.25, 0.3) is 0 Å². The fourth-order valence-electron chi connectivity index (χ4n) is 2.56. The third kappa shape index (κ3) is 2.45. The second-order valence-electron chi connectivity index (χ2n) is 4.54. The van der Waals surface area contributed by atoms with Crippen molar-refractivity contribution >= 4 is 18.4 Å². The lowest BCUT2D eigenvalue weighted by Gasteiger charge is -2.23. The molecular formula is C13H16ClNO2. The molecule has 3 nitrogen and oxygen atoms in total. The number of nitrogens with one attached hydrogen (secondary N) is 1. The minimum Gasteiger partial charge on any atom is -0.426 e. The van der Waals surface area contributed by atoms with E-state index in [9.17, 15) is 4.79 Å². The molecule has 0 aliphatic carbocycles. The number of rotatable bonds is 1. The minimum absolute atomic E-state index is 0. The van der Waals surface area contributed by atoms with E-state index in [0.717, 1.165) is 24.4 Å². The van der Waals surface area contributed by atoms with E-state index in [0.29, 0.717) is 12.3 Å². The van der Waals surface area contributed by atoms with Crippen LogP contribution in [0.1, 0.15) is 29.9 Å². The monoisotopic (exact) mass is 253 g/mol. The van der Waals surface area contributed by atoms with Crippen LogP contribution in [0.25, 0.3) is 0 Å². The van der Waals surface area contributed by atoms with E-state index >= 15 is 0 Å². The number of carbonyl (C=O) groups is 1. The fourth-order valence-corrected chi connectivity index (χ4v) is 2.56. The van der Waals surface area contributed by atoms with Gasteiger partial charge in [0, 0.05) is 5.56 Å². The molecule has 1 aromatic rings. The number of piperidine rings is 1. The summed E-state index contributed by atoms with van der Waals surface area (Å²) >= 11 is 0. The first kappa shape index (κ1) is 12.4. The number of ether oxygens (including phenoxy) is 1. The summed E-state index contributed by atoms with van der Waals surface area (Å²) in [5.41, 5.74) is 2.42. The van der Waals surface area contributed by atoms with Crippen LogP contribution in [0.5, 0.6) is 5.75 Å². The van der Waals surface area contributed by atoms with Crippen LogP contribution >= 0.6 is 12.4 Å². The number of carbonyl (C=O) groups excluding carboxylic acids is 1. The molecule has 17 heavy (non-hydrogen) atoms. The van der Waals surface area contributed by atoms with Crippen LogP contribution < -0.4 is 10.1 Å². The van der Waals surface area contributed by atoms with E-state index in [4.69, 9.17) is 4.74 Å². The van der Waals surface area contributed by atoms with Gasteiger partial charge in [-0.1, -0.05) is 12.1 Å². The van der Waals surface area contributed by atoms with Gasteiger partial charge in [0.05, 0.1) is 6.42 Å². The number of halogens is 1. The Kier molecular flexibility index (Phi) is 3.69. The second-order valence-corrected chi connectivity index (χ2v) is 4.54. The van der Waals surface area contributed by atoms with Crippen molar-refractivity contribution in [3.63, 3.8) is 0 Å². The maximum atomic E-state index is 11.2. The van der Waals surface area contributed by atoms with Gasteiger partial charge in [0.15, 0.2) is 0 Å². The molecule has 1 saturated heterocycles. The van der Waals surface area contributed by atoms with Crippen molar-refractivity contribution in [3.8, 4) is 5.75 Å². The van der Waals surface area contributed by atoms with Gasteiger partial charge in [-0.25, -0.2) is 0 Å². The Morgan fingerprint density at radius 3 is 2.76 bits per heavy atom. The van der Waals surface area contributed by atoms with E-state index < -0.39 is 0 Å². The molecule has 92 valence electrons. The van der Waals surface area contributed by atoms with Crippen molar-refractivity contribution in [1.29, 1.82) is 0 Å². The quantitative estimate of drug-likeness (QED) is 0.615. The van der Waals surface area contributed by atoms with Gasteiger partial charge < -0.3 is 10.1 Å².